The highest BCUT2D eigenvalue weighted by molar-refractivity contribution is 14.1. The number of hydrogen-bond acceptors (Lipinski definition) is 2. The molecular weight excluding hydrogens is 308 g/mol. The van der Waals surface area contributed by atoms with Crippen molar-refractivity contribution in [3.05, 3.63) is 26.6 Å². The summed E-state index contributed by atoms with van der Waals surface area (Å²) in [5.41, 5.74) is -0.476. The third-order valence-electron chi connectivity index (χ3n) is 1.57. The number of halogens is 4. The van der Waals surface area contributed by atoms with Gasteiger partial charge in [-0.25, -0.2) is 4.98 Å². The average molecular weight is 312 g/mol. The average Bonchev–Trinajstić information content (AvgIpc) is 2.01. The number of pyridine rings is 1. The summed E-state index contributed by atoms with van der Waals surface area (Å²) in [6.07, 6.45) is -4.46. The first-order chi connectivity index (χ1) is 6.36. The number of nitrogens with zero attached hydrogens (tertiary/aromatic N) is 2. The number of rotatable bonds is 0. The third kappa shape index (κ3) is 2.15. The summed E-state index contributed by atoms with van der Waals surface area (Å²) in [5, 5.41) is 8.62. The third-order valence-corrected chi connectivity index (χ3v) is 2.36. The number of alkyl halides is 3. The van der Waals surface area contributed by atoms with Crippen LogP contribution >= 0.6 is 22.6 Å². The standard InChI is InChI=1S/C8H4F3IN2/c1-4-2-6(8(9,10)11)14-7(12)5(4)3-13/h2H,1H3. The molecule has 1 aromatic heterocycles. The van der Waals surface area contributed by atoms with E-state index in [0.29, 0.717) is 5.56 Å². The van der Waals surface area contributed by atoms with Crippen LogP contribution in [0.1, 0.15) is 16.8 Å². The van der Waals surface area contributed by atoms with Gasteiger partial charge in [-0.05, 0) is 41.1 Å². The molecule has 0 aliphatic rings. The predicted molar refractivity (Wildman–Crippen MR) is 51.4 cm³/mol. The monoisotopic (exact) mass is 312 g/mol. The molecule has 2 nitrogen and oxygen atoms in total. The van der Waals surface area contributed by atoms with Gasteiger partial charge in [0, 0.05) is 0 Å². The summed E-state index contributed by atoms with van der Waals surface area (Å²) in [6, 6.07) is 2.68. The van der Waals surface area contributed by atoms with Gasteiger partial charge in [0.15, 0.2) is 0 Å². The van der Waals surface area contributed by atoms with Gasteiger partial charge in [0.05, 0.1) is 5.56 Å². The quantitative estimate of drug-likeness (QED) is 0.545. The topological polar surface area (TPSA) is 36.7 Å². The Hall–Kier alpha value is -0.840. The van der Waals surface area contributed by atoms with Crippen LogP contribution in [-0.4, -0.2) is 4.98 Å². The Labute approximate surface area is 91.9 Å². The van der Waals surface area contributed by atoms with Crippen LogP contribution in [0.25, 0.3) is 0 Å². The molecule has 0 spiro atoms. The smallest absolute Gasteiger partial charge is 0.236 e. The Morgan fingerprint density at radius 3 is 2.43 bits per heavy atom. The fourth-order valence-electron chi connectivity index (χ4n) is 0.913. The number of hydrogen-bond donors (Lipinski definition) is 0. The Kier molecular flexibility index (Phi) is 2.99. The van der Waals surface area contributed by atoms with E-state index < -0.39 is 11.9 Å². The highest BCUT2D eigenvalue weighted by Crippen LogP contribution is 2.29. The Morgan fingerprint density at radius 1 is 1.50 bits per heavy atom. The first-order valence-electron chi connectivity index (χ1n) is 3.50. The number of aryl methyl sites for hydroxylation is 1. The van der Waals surface area contributed by atoms with Crippen molar-refractivity contribution in [3.8, 4) is 6.07 Å². The SMILES string of the molecule is Cc1cc(C(F)(F)F)nc(I)c1C#N. The summed E-state index contributed by atoms with van der Waals surface area (Å²) in [5.74, 6) is 0. The molecule has 0 atom stereocenters. The molecule has 0 fully saturated rings. The van der Waals surface area contributed by atoms with Crippen LogP contribution in [0.2, 0.25) is 0 Å². The van der Waals surface area contributed by atoms with Crippen molar-refractivity contribution in [2.75, 3.05) is 0 Å². The molecule has 0 saturated heterocycles. The van der Waals surface area contributed by atoms with E-state index in [1.54, 1.807) is 28.7 Å². The first-order valence-corrected chi connectivity index (χ1v) is 4.58. The lowest BCUT2D eigenvalue weighted by Gasteiger charge is -2.08. The Balaban J connectivity index is 3.37. The first kappa shape index (κ1) is 11.2. The molecule has 0 aliphatic carbocycles. The van der Waals surface area contributed by atoms with E-state index in [1.807, 2.05) is 0 Å². The van der Waals surface area contributed by atoms with Crippen molar-refractivity contribution in [1.82, 2.24) is 4.98 Å². The molecule has 1 aromatic rings. The van der Waals surface area contributed by atoms with Crippen LogP contribution in [0.15, 0.2) is 6.07 Å². The Bertz CT molecular complexity index is 383. The number of nitriles is 1. The van der Waals surface area contributed by atoms with Gasteiger partial charge in [-0.1, -0.05) is 0 Å². The van der Waals surface area contributed by atoms with Crippen molar-refractivity contribution >= 4 is 22.6 Å². The second kappa shape index (κ2) is 3.73. The minimum Gasteiger partial charge on any atom is -0.236 e. The summed E-state index contributed by atoms with van der Waals surface area (Å²) >= 11 is 1.62. The van der Waals surface area contributed by atoms with Crippen molar-refractivity contribution < 1.29 is 13.2 Å². The van der Waals surface area contributed by atoms with E-state index >= 15 is 0 Å². The summed E-state index contributed by atoms with van der Waals surface area (Å²) < 4.78 is 36.8. The van der Waals surface area contributed by atoms with Crippen LogP contribution in [0.3, 0.4) is 0 Å². The van der Waals surface area contributed by atoms with E-state index in [-0.39, 0.29) is 9.26 Å². The summed E-state index contributed by atoms with van der Waals surface area (Å²) in [6.45, 7) is 1.46. The van der Waals surface area contributed by atoms with Crippen LogP contribution in [0.4, 0.5) is 13.2 Å². The van der Waals surface area contributed by atoms with Crippen LogP contribution < -0.4 is 0 Å². The maximum absolute atomic E-state index is 12.2. The fraction of sp³-hybridized carbons (Fsp3) is 0.250. The molecule has 0 radical (unpaired) electrons. The lowest BCUT2D eigenvalue weighted by molar-refractivity contribution is -0.141. The van der Waals surface area contributed by atoms with Crippen LogP contribution in [0, 0.1) is 22.0 Å². The fourth-order valence-corrected chi connectivity index (χ4v) is 1.72. The molecule has 0 bridgehead atoms. The largest absolute Gasteiger partial charge is 0.433 e. The van der Waals surface area contributed by atoms with Crippen molar-refractivity contribution in [1.29, 1.82) is 5.26 Å². The van der Waals surface area contributed by atoms with Gasteiger partial charge < -0.3 is 0 Å². The van der Waals surface area contributed by atoms with Crippen molar-refractivity contribution in [2.24, 2.45) is 0 Å². The molecule has 1 rings (SSSR count). The maximum atomic E-state index is 12.2. The normalized spacial score (nSPS) is 11.1. The zero-order chi connectivity index (χ0) is 10.9. The molecule has 0 saturated carbocycles. The van der Waals surface area contributed by atoms with Gasteiger partial charge in [0.2, 0.25) is 0 Å². The van der Waals surface area contributed by atoms with Gasteiger partial charge in [-0.2, -0.15) is 18.4 Å². The molecule has 74 valence electrons. The molecule has 0 N–H and O–H groups in total. The van der Waals surface area contributed by atoms with Crippen LogP contribution in [-0.2, 0) is 6.18 Å². The van der Waals surface area contributed by atoms with Gasteiger partial charge in [-0.15, -0.1) is 0 Å². The van der Waals surface area contributed by atoms with Crippen LogP contribution in [0.5, 0.6) is 0 Å². The van der Waals surface area contributed by atoms with Gasteiger partial charge in [0.1, 0.15) is 15.5 Å². The van der Waals surface area contributed by atoms with E-state index in [9.17, 15) is 13.2 Å². The number of aromatic nitrogens is 1. The minimum atomic E-state index is -4.46. The van der Waals surface area contributed by atoms with Gasteiger partial charge >= 0.3 is 6.18 Å². The van der Waals surface area contributed by atoms with Crippen molar-refractivity contribution in [3.63, 3.8) is 0 Å². The molecule has 1 heterocycles. The molecule has 0 aromatic carbocycles. The second-order valence-corrected chi connectivity index (χ2v) is 3.62. The van der Waals surface area contributed by atoms with Gasteiger partial charge in [-0.3, -0.25) is 0 Å². The van der Waals surface area contributed by atoms with E-state index in [4.69, 9.17) is 5.26 Å². The second-order valence-electron chi connectivity index (χ2n) is 2.60. The minimum absolute atomic E-state index is 0.0809. The van der Waals surface area contributed by atoms with E-state index in [0.717, 1.165) is 6.07 Å². The highest BCUT2D eigenvalue weighted by atomic mass is 127. The zero-order valence-corrected chi connectivity index (χ0v) is 9.14. The Morgan fingerprint density at radius 2 is 2.07 bits per heavy atom. The molecule has 6 heteroatoms. The lowest BCUT2D eigenvalue weighted by atomic mass is 10.1. The maximum Gasteiger partial charge on any atom is 0.433 e. The highest BCUT2D eigenvalue weighted by Gasteiger charge is 2.33. The van der Waals surface area contributed by atoms with Gasteiger partial charge in [0.25, 0.3) is 0 Å². The molecule has 0 unspecified atom stereocenters. The molecule has 0 amide bonds. The lowest BCUT2D eigenvalue weighted by Crippen LogP contribution is -2.10. The van der Waals surface area contributed by atoms with Crippen molar-refractivity contribution in [2.45, 2.75) is 13.1 Å². The predicted octanol–water partition coefficient (Wildman–Crippen LogP) is 2.89. The summed E-state index contributed by atoms with van der Waals surface area (Å²) in [7, 11) is 0. The molecule has 0 aliphatic heterocycles. The molecule has 14 heavy (non-hydrogen) atoms. The van der Waals surface area contributed by atoms with E-state index in [2.05, 4.69) is 4.98 Å². The zero-order valence-electron chi connectivity index (χ0n) is 6.98. The summed E-state index contributed by atoms with van der Waals surface area (Å²) in [4.78, 5) is 3.32. The molecular formula is C8H4F3IN2. The van der Waals surface area contributed by atoms with E-state index in [1.165, 1.54) is 6.92 Å².